The summed E-state index contributed by atoms with van der Waals surface area (Å²) in [5.74, 6) is 0.536. The molecule has 2 aromatic heterocycles. The number of hydrogen-bond donors (Lipinski definition) is 3. The van der Waals surface area contributed by atoms with Crippen LogP contribution in [-0.4, -0.2) is 25.7 Å². The molecule has 3 rings (SSSR count). The number of H-pyrrole nitrogens is 1. The molecule has 0 saturated heterocycles. The zero-order chi connectivity index (χ0) is 14.8. The number of nitrogen functional groups attached to an aromatic ring is 1. The summed E-state index contributed by atoms with van der Waals surface area (Å²) >= 11 is 0. The topological polar surface area (TPSA) is 102 Å². The first-order chi connectivity index (χ1) is 10.1. The highest BCUT2D eigenvalue weighted by Crippen LogP contribution is 2.24. The van der Waals surface area contributed by atoms with Gasteiger partial charge >= 0.3 is 0 Å². The number of benzene rings is 1. The van der Waals surface area contributed by atoms with Crippen molar-refractivity contribution in [3.05, 3.63) is 54.1 Å². The molecule has 106 valence electrons. The summed E-state index contributed by atoms with van der Waals surface area (Å²) in [6.07, 6.45) is 4.92. The molecule has 0 aliphatic heterocycles. The van der Waals surface area contributed by atoms with E-state index in [1.165, 1.54) is 0 Å². The molecule has 1 amide bonds. The van der Waals surface area contributed by atoms with Crippen molar-refractivity contribution in [3.63, 3.8) is 0 Å². The SMILES string of the molecule is Cc1ccc(C(=O)Nc2c(-n3ccnc3)n[nH]c2N)cc1. The maximum atomic E-state index is 12.3. The molecule has 0 aliphatic carbocycles. The van der Waals surface area contributed by atoms with Gasteiger partial charge in [-0.25, -0.2) is 4.98 Å². The molecule has 0 atom stereocenters. The van der Waals surface area contributed by atoms with Crippen LogP contribution in [0.4, 0.5) is 11.5 Å². The maximum Gasteiger partial charge on any atom is 0.255 e. The van der Waals surface area contributed by atoms with Crippen LogP contribution in [0.3, 0.4) is 0 Å². The first-order valence-electron chi connectivity index (χ1n) is 6.35. The number of amides is 1. The fraction of sp³-hybridized carbons (Fsp3) is 0.0714. The quantitative estimate of drug-likeness (QED) is 0.681. The number of nitrogens with zero attached hydrogens (tertiary/aromatic N) is 3. The Hall–Kier alpha value is -3.09. The fourth-order valence-electron chi connectivity index (χ4n) is 1.93. The average Bonchev–Trinajstić information content (AvgIpc) is 3.10. The van der Waals surface area contributed by atoms with Gasteiger partial charge in [-0.2, -0.15) is 5.10 Å². The van der Waals surface area contributed by atoms with Gasteiger partial charge in [0.05, 0.1) is 0 Å². The Morgan fingerprint density at radius 1 is 1.33 bits per heavy atom. The van der Waals surface area contributed by atoms with Gasteiger partial charge in [0.25, 0.3) is 5.91 Å². The third kappa shape index (κ3) is 2.48. The van der Waals surface area contributed by atoms with E-state index in [0.29, 0.717) is 22.9 Å². The number of aromatic amines is 1. The van der Waals surface area contributed by atoms with Crippen molar-refractivity contribution >= 4 is 17.4 Å². The number of rotatable bonds is 3. The Morgan fingerprint density at radius 3 is 2.76 bits per heavy atom. The highest BCUT2D eigenvalue weighted by molar-refractivity contribution is 6.06. The van der Waals surface area contributed by atoms with Gasteiger partial charge in [0.15, 0.2) is 5.82 Å². The van der Waals surface area contributed by atoms with E-state index in [0.717, 1.165) is 5.56 Å². The normalized spacial score (nSPS) is 10.5. The van der Waals surface area contributed by atoms with E-state index >= 15 is 0 Å². The second-order valence-electron chi connectivity index (χ2n) is 4.63. The first-order valence-corrected chi connectivity index (χ1v) is 6.35. The van der Waals surface area contributed by atoms with Crippen molar-refractivity contribution < 1.29 is 4.79 Å². The van der Waals surface area contributed by atoms with E-state index in [2.05, 4.69) is 20.5 Å². The van der Waals surface area contributed by atoms with E-state index in [-0.39, 0.29) is 5.91 Å². The summed E-state index contributed by atoms with van der Waals surface area (Å²) in [7, 11) is 0. The number of carbonyl (C=O) groups is 1. The van der Waals surface area contributed by atoms with Gasteiger partial charge in [-0.05, 0) is 19.1 Å². The van der Waals surface area contributed by atoms with Crippen LogP contribution in [0.2, 0.25) is 0 Å². The summed E-state index contributed by atoms with van der Waals surface area (Å²) in [5.41, 5.74) is 7.91. The average molecular weight is 282 g/mol. The molecule has 0 spiro atoms. The number of nitrogens with one attached hydrogen (secondary N) is 2. The molecule has 7 heteroatoms. The van der Waals surface area contributed by atoms with Crippen molar-refractivity contribution in [2.24, 2.45) is 0 Å². The first kappa shape index (κ1) is 12.9. The third-order valence-electron chi connectivity index (χ3n) is 3.08. The highest BCUT2D eigenvalue weighted by Gasteiger charge is 2.16. The van der Waals surface area contributed by atoms with Crippen molar-refractivity contribution in [1.29, 1.82) is 0 Å². The Kier molecular flexibility index (Phi) is 3.15. The molecule has 4 N–H and O–H groups in total. The molecule has 7 nitrogen and oxygen atoms in total. The molecule has 0 aliphatic rings. The van der Waals surface area contributed by atoms with Crippen LogP contribution in [0.15, 0.2) is 43.0 Å². The standard InChI is InChI=1S/C14H14N6O/c1-9-2-4-10(5-3-9)14(21)17-11-12(15)18-19-13(11)20-7-6-16-8-20/h2-8H,1H3,(H,17,21)(H3,15,18,19). The number of imidazole rings is 1. The summed E-state index contributed by atoms with van der Waals surface area (Å²) in [6.45, 7) is 1.97. The van der Waals surface area contributed by atoms with E-state index in [1.807, 2.05) is 19.1 Å². The van der Waals surface area contributed by atoms with E-state index < -0.39 is 0 Å². The van der Waals surface area contributed by atoms with Gasteiger partial charge < -0.3 is 11.1 Å². The van der Waals surface area contributed by atoms with Crippen LogP contribution >= 0.6 is 0 Å². The molecule has 0 bridgehead atoms. The molecule has 3 aromatic rings. The summed E-state index contributed by atoms with van der Waals surface area (Å²) < 4.78 is 1.66. The lowest BCUT2D eigenvalue weighted by Gasteiger charge is -2.07. The van der Waals surface area contributed by atoms with Gasteiger partial charge in [-0.15, -0.1) is 0 Å². The van der Waals surface area contributed by atoms with Crippen LogP contribution in [0, 0.1) is 6.92 Å². The van der Waals surface area contributed by atoms with Crippen LogP contribution in [0.1, 0.15) is 15.9 Å². The number of carbonyl (C=O) groups excluding carboxylic acids is 1. The van der Waals surface area contributed by atoms with Gasteiger partial charge in [0.1, 0.15) is 17.8 Å². The zero-order valence-corrected chi connectivity index (χ0v) is 11.4. The number of aryl methyl sites for hydroxylation is 1. The van der Waals surface area contributed by atoms with Crippen LogP contribution in [0.5, 0.6) is 0 Å². The lowest BCUT2D eigenvalue weighted by atomic mass is 10.1. The molecule has 1 aromatic carbocycles. The Morgan fingerprint density at radius 2 is 2.10 bits per heavy atom. The van der Waals surface area contributed by atoms with Gasteiger partial charge in [0, 0.05) is 18.0 Å². The van der Waals surface area contributed by atoms with Crippen LogP contribution in [-0.2, 0) is 0 Å². The molecule has 0 unspecified atom stereocenters. The molecule has 0 radical (unpaired) electrons. The van der Waals surface area contributed by atoms with Gasteiger partial charge in [-0.1, -0.05) is 17.7 Å². The largest absolute Gasteiger partial charge is 0.382 e. The minimum absolute atomic E-state index is 0.246. The molecular formula is C14H14N6O. The van der Waals surface area contributed by atoms with Gasteiger partial charge in [-0.3, -0.25) is 14.5 Å². The molecule has 0 saturated carbocycles. The summed E-state index contributed by atoms with van der Waals surface area (Å²) in [4.78, 5) is 16.2. The highest BCUT2D eigenvalue weighted by atomic mass is 16.1. The van der Waals surface area contributed by atoms with Crippen molar-refractivity contribution in [1.82, 2.24) is 19.7 Å². The Bertz CT molecular complexity index is 757. The Labute approximate surface area is 120 Å². The van der Waals surface area contributed by atoms with Gasteiger partial charge in [0.2, 0.25) is 0 Å². The molecule has 2 heterocycles. The van der Waals surface area contributed by atoms with E-state index in [1.54, 1.807) is 35.4 Å². The van der Waals surface area contributed by atoms with Crippen LogP contribution < -0.4 is 11.1 Å². The molecule has 0 fully saturated rings. The van der Waals surface area contributed by atoms with Crippen molar-refractivity contribution in [3.8, 4) is 5.82 Å². The molecule has 21 heavy (non-hydrogen) atoms. The Balaban J connectivity index is 1.90. The lowest BCUT2D eigenvalue weighted by molar-refractivity contribution is 0.102. The lowest BCUT2D eigenvalue weighted by Crippen LogP contribution is -2.14. The minimum atomic E-state index is -0.246. The zero-order valence-electron chi connectivity index (χ0n) is 11.4. The number of nitrogens with two attached hydrogens (primary N) is 1. The molecular weight excluding hydrogens is 268 g/mol. The maximum absolute atomic E-state index is 12.3. The number of anilines is 2. The summed E-state index contributed by atoms with van der Waals surface area (Å²) in [6, 6.07) is 7.28. The monoisotopic (exact) mass is 282 g/mol. The fourth-order valence-corrected chi connectivity index (χ4v) is 1.93. The predicted molar refractivity (Wildman–Crippen MR) is 79.3 cm³/mol. The third-order valence-corrected chi connectivity index (χ3v) is 3.08. The predicted octanol–water partition coefficient (Wildman–Crippen LogP) is 1.74. The number of hydrogen-bond acceptors (Lipinski definition) is 4. The van der Waals surface area contributed by atoms with E-state index in [4.69, 9.17) is 5.73 Å². The minimum Gasteiger partial charge on any atom is -0.382 e. The van der Waals surface area contributed by atoms with Crippen LogP contribution in [0.25, 0.3) is 5.82 Å². The van der Waals surface area contributed by atoms with Crippen molar-refractivity contribution in [2.75, 3.05) is 11.1 Å². The second kappa shape index (κ2) is 5.12. The second-order valence-corrected chi connectivity index (χ2v) is 4.63. The summed E-state index contributed by atoms with van der Waals surface area (Å²) in [5, 5.41) is 9.51. The van der Waals surface area contributed by atoms with E-state index in [9.17, 15) is 4.79 Å². The smallest absolute Gasteiger partial charge is 0.255 e. The number of aromatic nitrogens is 4. The van der Waals surface area contributed by atoms with Crippen molar-refractivity contribution in [2.45, 2.75) is 6.92 Å².